The van der Waals surface area contributed by atoms with Gasteiger partial charge in [-0.15, -0.1) is 0 Å². The van der Waals surface area contributed by atoms with Crippen molar-refractivity contribution < 1.29 is 14.6 Å². The van der Waals surface area contributed by atoms with Gasteiger partial charge in [0, 0.05) is 6.42 Å². The van der Waals surface area contributed by atoms with E-state index in [1.165, 1.54) is 13.5 Å². The van der Waals surface area contributed by atoms with Crippen molar-refractivity contribution >= 4 is 5.97 Å². The Bertz CT molecular complexity index is 413. The van der Waals surface area contributed by atoms with Gasteiger partial charge in [0.25, 0.3) is 0 Å². The zero-order valence-electron chi connectivity index (χ0n) is 15.4. The van der Waals surface area contributed by atoms with Crippen LogP contribution in [-0.4, -0.2) is 24.3 Å². The summed E-state index contributed by atoms with van der Waals surface area (Å²) in [7, 11) is 1.42. The summed E-state index contributed by atoms with van der Waals surface area (Å²) in [4.78, 5) is 10.9. The van der Waals surface area contributed by atoms with E-state index in [2.05, 4.69) is 41.7 Å². The first-order chi connectivity index (χ1) is 11.7. The minimum absolute atomic E-state index is 0.133. The molecule has 1 atom stereocenters. The zero-order chi connectivity index (χ0) is 17.9. The molecule has 0 saturated heterocycles. The Morgan fingerprint density at radius 3 is 2.38 bits per heavy atom. The van der Waals surface area contributed by atoms with E-state index in [1.807, 2.05) is 6.08 Å². The number of aliphatic hydroxyl groups excluding tert-OH is 1. The molecular weight excluding hydrogens is 300 g/mol. The minimum Gasteiger partial charge on any atom is -0.469 e. The van der Waals surface area contributed by atoms with Crippen LogP contribution in [0.4, 0.5) is 0 Å². The van der Waals surface area contributed by atoms with E-state index < -0.39 is 6.10 Å². The van der Waals surface area contributed by atoms with E-state index >= 15 is 0 Å². The lowest BCUT2D eigenvalue weighted by molar-refractivity contribution is -0.140. The van der Waals surface area contributed by atoms with E-state index in [1.54, 1.807) is 0 Å². The molecule has 3 heteroatoms. The highest BCUT2D eigenvalue weighted by Crippen LogP contribution is 2.04. The molecule has 0 saturated carbocycles. The standard InChI is InChI=1S/C21H34O3/c1-3-4-14-17-20(22)18-15-12-10-8-6-5-7-9-11-13-16-19-21(23)24-2/h9-12,20,22H,3-8,13-14,16-17,19H2,1-2H3. The quantitative estimate of drug-likeness (QED) is 0.224. The molecule has 0 fully saturated rings. The largest absolute Gasteiger partial charge is 0.469 e. The molecule has 0 aliphatic heterocycles. The van der Waals surface area contributed by atoms with Crippen LogP contribution in [0, 0.1) is 11.8 Å². The van der Waals surface area contributed by atoms with E-state index in [4.69, 9.17) is 0 Å². The Morgan fingerprint density at radius 1 is 1.04 bits per heavy atom. The number of unbranched alkanes of at least 4 members (excludes halogenated alkanes) is 6. The number of carbonyl (C=O) groups excluding carboxylic acids is 1. The third kappa shape index (κ3) is 16.8. The third-order valence-corrected chi connectivity index (χ3v) is 3.67. The summed E-state index contributed by atoms with van der Waals surface area (Å²) in [6.45, 7) is 2.15. The van der Waals surface area contributed by atoms with E-state index in [9.17, 15) is 9.90 Å². The first kappa shape index (κ1) is 22.5. The average Bonchev–Trinajstić information content (AvgIpc) is 2.58. The van der Waals surface area contributed by atoms with Gasteiger partial charge in [-0.3, -0.25) is 4.79 Å². The van der Waals surface area contributed by atoms with Gasteiger partial charge < -0.3 is 9.84 Å². The van der Waals surface area contributed by atoms with Crippen molar-refractivity contribution in [2.45, 2.75) is 83.7 Å². The molecule has 0 radical (unpaired) electrons. The second-order valence-corrected chi connectivity index (χ2v) is 5.93. The fourth-order valence-corrected chi connectivity index (χ4v) is 2.17. The molecule has 0 aromatic carbocycles. The number of aliphatic hydroxyl groups is 1. The average molecular weight is 335 g/mol. The molecule has 136 valence electrons. The van der Waals surface area contributed by atoms with Crippen LogP contribution in [0.3, 0.4) is 0 Å². The van der Waals surface area contributed by atoms with Crippen LogP contribution in [0.2, 0.25) is 0 Å². The zero-order valence-corrected chi connectivity index (χ0v) is 15.4. The van der Waals surface area contributed by atoms with Crippen molar-refractivity contribution in [3.05, 3.63) is 24.3 Å². The number of carbonyl (C=O) groups is 1. The smallest absolute Gasteiger partial charge is 0.305 e. The van der Waals surface area contributed by atoms with Gasteiger partial charge in [-0.2, -0.15) is 0 Å². The van der Waals surface area contributed by atoms with Crippen LogP contribution in [0.25, 0.3) is 0 Å². The highest BCUT2D eigenvalue weighted by Gasteiger charge is 1.97. The SMILES string of the molecule is CCCCCC(O)C#CC=CCCCCC=CCCCC(=O)OC. The van der Waals surface area contributed by atoms with Gasteiger partial charge in [-0.25, -0.2) is 0 Å². The summed E-state index contributed by atoms with van der Waals surface area (Å²) in [6, 6.07) is 0. The molecular formula is C21H34O3. The van der Waals surface area contributed by atoms with E-state index in [0.717, 1.165) is 57.8 Å². The lowest BCUT2D eigenvalue weighted by Gasteiger charge is -2.00. The number of hydrogen-bond donors (Lipinski definition) is 1. The first-order valence-corrected chi connectivity index (χ1v) is 9.26. The number of hydrogen-bond acceptors (Lipinski definition) is 3. The third-order valence-electron chi connectivity index (χ3n) is 3.67. The molecule has 1 unspecified atom stereocenters. The number of allylic oxidation sites excluding steroid dienone is 4. The molecule has 0 amide bonds. The van der Waals surface area contributed by atoms with E-state index in [-0.39, 0.29) is 5.97 Å². The summed E-state index contributed by atoms with van der Waals surface area (Å²) in [5.74, 6) is 5.65. The first-order valence-electron chi connectivity index (χ1n) is 9.26. The molecule has 3 nitrogen and oxygen atoms in total. The maximum absolute atomic E-state index is 10.9. The summed E-state index contributed by atoms with van der Waals surface area (Å²) in [5.41, 5.74) is 0. The predicted octanol–water partition coefficient (Wildman–Crippen LogP) is 4.95. The summed E-state index contributed by atoms with van der Waals surface area (Å²) < 4.78 is 4.59. The van der Waals surface area contributed by atoms with Crippen molar-refractivity contribution in [2.75, 3.05) is 7.11 Å². The normalized spacial score (nSPS) is 12.3. The van der Waals surface area contributed by atoms with Crippen molar-refractivity contribution in [3.8, 4) is 11.8 Å². The van der Waals surface area contributed by atoms with Gasteiger partial charge in [-0.1, -0.05) is 49.8 Å². The topological polar surface area (TPSA) is 46.5 Å². The highest BCUT2D eigenvalue weighted by molar-refractivity contribution is 5.69. The van der Waals surface area contributed by atoms with Crippen molar-refractivity contribution in [1.29, 1.82) is 0 Å². The van der Waals surface area contributed by atoms with Gasteiger partial charge in [0.2, 0.25) is 0 Å². The molecule has 0 bridgehead atoms. The molecule has 0 spiro atoms. The molecule has 0 aliphatic carbocycles. The predicted molar refractivity (Wildman–Crippen MR) is 101 cm³/mol. The Hall–Kier alpha value is -1.53. The number of rotatable bonds is 13. The van der Waals surface area contributed by atoms with Gasteiger partial charge in [0.15, 0.2) is 0 Å². The Morgan fingerprint density at radius 2 is 1.71 bits per heavy atom. The molecule has 0 aromatic rings. The second kappa shape index (κ2) is 17.8. The van der Waals surface area contributed by atoms with Crippen LogP contribution in [0.5, 0.6) is 0 Å². The lowest BCUT2D eigenvalue weighted by Crippen LogP contribution is -2.01. The van der Waals surface area contributed by atoms with Crippen molar-refractivity contribution in [1.82, 2.24) is 0 Å². The van der Waals surface area contributed by atoms with Gasteiger partial charge in [0.1, 0.15) is 6.10 Å². The molecule has 1 N–H and O–H groups in total. The molecule has 0 rings (SSSR count). The second-order valence-electron chi connectivity index (χ2n) is 5.93. The van der Waals surface area contributed by atoms with Crippen molar-refractivity contribution in [2.24, 2.45) is 0 Å². The minimum atomic E-state index is -0.481. The lowest BCUT2D eigenvalue weighted by atomic mass is 10.1. The van der Waals surface area contributed by atoms with Crippen molar-refractivity contribution in [3.63, 3.8) is 0 Å². The van der Waals surface area contributed by atoms with Crippen LogP contribution in [0.15, 0.2) is 24.3 Å². The van der Waals surface area contributed by atoms with Crippen LogP contribution < -0.4 is 0 Å². The van der Waals surface area contributed by atoms with Crippen LogP contribution >= 0.6 is 0 Å². The molecule has 24 heavy (non-hydrogen) atoms. The maximum Gasteiger partial charge on any atom is 0.305 e. The van der Waals surface area contributed by atoms with Gasteiger partial charge in [-0.05, 0) is 57.4 Å². The maximum atomic E-state index is 10.9. The molecule has 0 heterocycles. The van der Waals surface area contributed by atoms with Crippen LogP contribution in [-0.2, 0) is 9.53 Å². The summed E-state index contributed by atoms with van der Waals surface area (Å²) in [6.07, 6.45) is 18.6. The van der Waals surface area contributed by atoms with E-state index in [0.29, 0.717) is 6.42 Å². The highest BCUT2D eigenvalue weighted by atomic mass is 16.5. The fraction of sp³-hybridized carbons (Fsp3) is 0.667. The fourth-order valence-electron chi connectivity index (χ4n) is 2.17. The van der Waals surface area contributed by atoms with Crippen LogP contribution in [0.1, 0.15) is 77.6 Å². The van der Waals surface area contributed by atoms with Gasteiger partial charge >= 0.3 is 5.97 Å². The molecule has 0 aromatic heterocycles. The Kier molecular flexibility index (Phi) is 16.7. The monoisotopic (exact) mass is 334 g/mol. The van der Waals surface area contributed by atoms with Gasteiger partial charge in [0.05, 0.1) is 7.11 Å². The summed E-state index contributed by atoms with van der Waals surface area (Å²) >= 11 is 0. The molecule has 0 aliphatic rings. The number of methoxy groups -OCH3 is 1. The summed E-state index contributed by atoms with van der Waals surface area (Å²) in [5, 5.41) is 9.64. The Labute approximate surface area is 148 Å². The Balaban J connectivity index is 3.48. The number of esters is 1. The number of ether oxygens (including phenoxy) is 1.